The number of carbonyl (C=O) groups excluding carboxylic acids is 1. The summed E-state index contributed by atoms with van der Waals surface area (Å²) in [5.74, 6) is 1.53. The molecule has 2 heteroatoms. The molecule has 0 amide bonds. The first-order valence-corrected chi connectivity index (χ1v) is 6.41. The van der Waals surface area contributed by atoms with E-state index in [1.165, 1.54) is 0 Å². The van der Waals surface area contributed by atoms with Crippen LogP contribution in [0.15, 0.2) is 12.2 Å². The molecule has 90 valence electrons. The maximum atomic E-state index is 12.1. The van der Waals surface area contributed by atoms with Crippen LogP contribution in [0, 0.1) is 23.2 Å². The first-order chi connectivity index (χ1) is 7.56. The van der Waals surface area contributed by atoms with Crippen molar-refractivity contribution in [1.29, 1.82) is 0 Å². The number of allylic oxidation sites excluding steroid dienone is 2. The quantitative estimate of drug-likeness (QED) is 0.539. The van der Waals surface area contributed by atoms with E-state index in [2.05, 4.69) is 32.9 Å². The van der Waals surface area contributed by atoms with E-state index in [1.807, 2.05) is 0 Å². The summed E-state index contributed by atoms with van der Waals surface area (Å²) in [6, 6.07) is 0. The molecule has 0 aliphatic heterocycles. The minimum Gasteiger partial charge on any atom is -0.465 e. The van der Waals surface area contributed by atoms with Gasteiger partial charge in [0, 0.05) is 0 Å². The Morgan fingerprint density at radius 2 is 2.31 bits per heavy atom. The Morgan fingerprint density at radius 1 is 1.56 bits per heavy atom. The highest BCUT2D eigenvalue weighted by atomic mass is 16.5. The van der Waals surface area contributed by atoms with Gasteiger partial charge in [-0.3, -0.25) is 4.79 Å². The Balaban J connectivity index is 1.92. The molecule has 1 fully saturated rings. The number of ether oxygens (including phenoxy) is 1. The first-order valence-electron chi connectivity index (χ1n) is 6.41. The molecule has 0 heterocycles. The lowest BCUT2D eigenvalue weighted by Crippen LogP contribution is -2.34. The Kier molecular flexibility index (Phi) is 3.09. The van der Waals surface area contributed by atoms with Crippen molar-refractivity contribution < 1.29 is 9.53 Å². The molecule has 2 bridgehead atoms. The fourth-order valence-electron chi connectivity index (χ4n) is 2.83. The van der Waals surface area contributed by atoms with E-state index in [0.717, 1.165) is 19.3 Å². The molecule has 4 unspecified atom stereocenters. The van der Waals surface area contributed by atoms with Gasteiger partial charge in [-0.05, 0) is 37.5 Å². The van der Waals surface area contributed by atoms with E-state index in [1.54, 1.807) is 0 Å². The van der Waals surface area contributed by atoms with Crippen LogP contribution < -0.4 is 0 Å². The number of rotatable bonds is 4. The van der Waals surface area contributed by atoms with Crippen LogP contribution in [-0.2, 0) is 9.53 Å². The zero-order chi connectivity index (χ0) is 11.8. The highest BCUT2D eigenvalue weighted by molar-refractivity contribution is 5.78. The van der Waals surface area contributed by atoms with E-state index < -0.39 is 0 Å². The maximum absolute atomic E-state index is 12.1. The third kappa shape index (κ3) is 1.90. The van der Waals surface area contributed by atoms with Gasteiger partial charge in [-0.25, -0.2) is 0 Å². The predicted octanol–water partition coefficient (Wildman–Crippen LogP) is 3.18. The van der Waals surface area contributed by atoms with Gasteiger partial charge in [0.15, 0.2) is 0 Å². The fraction of sp³-hybridized carbons (Fsp3) is 0.786. The summed E-state index contributed by atoms with van der Waals surface area (Å²) in [6.07, 6.45) is 7.66. The number of hydrogen-bond acceptors (Lipinski definition) is 2. The van der Waals surface area contributed by atoms with Crippen molar-refractivity contribution in [2.45, 2.75) is 40.0 Å². The molecule has 16 heavy (non-hydrogen) atoms. The molecule has 2 rings (SSSR count). The molecule has 0 saturated heterocycles. The number of carbonyl (C=O) groups is 1. The van der Waals surface area contributed by atoms with Crippen molar-refractivity contribution in [3.05, 3.63) is 12.2 Å². The van der Waals surface area contributed by atoms with E-state index in [9.17, 15) is 4.79 Å². The lowest BCUT2D eigenvalue weighted by atomic mass is 9.78. The predicted molar refractivity (Wildman–Crippen MR) is 63.9 cm³/mol. The van der Waals surface area contributed by atoms with Crippen molar-refractivity contribution >= 4 is 5.97 Å². The topological polar surface area (TPSA) is 26.3 Å². The van der Waals surface area contributed by atoms with Crippen molar-refractivity contribution in [1.82, 2.24) is 0 Å². The van der Waals surface area contributed by atoms with Gasteiger partial charge in [-0.1, -0.05) is 32.4 Å². The zero-order valence-corrected chi connectivity index (χ0v) is 10.5. The fourth-order valence-corrected chi connectivity index (χ4v) is 2.83. The summed E-state index contributed by atoms with van der Waals surface area (Å²) in [4.78, 5) is 12.1. The monoisotopic (exact) mass is 222 g/mol. The minimum atomic E-state index is -0.243. The Bertz CT molecular complexity index is 308. The molecule has 0 aromatic carbocycles. The molecule has 0 aromatic rings. The second-order valence-electron chi connectivity index (χ2n) is 5.72. The second kappa shape index (κ2) is 4.23. The average Bonchev–Trinajstić information content (AvgIpc) is 2.85. The van der Waals surface area contributed by atoms with Crippen LogP contribution in [0.2, 0.25) is 0 Å². The van der Waals surface area contributed by atoms with Crippen LogP contribution in [0.5, 0.6) is 0 Å². The summed E-state index contributed by atoms with van der Waals surface area (Å²) < 4.78 is 5.46. The summed E-state index contributed by atoms with van der Waals surface area (Å²) >= 11 is 0. The van der Waals surface area contributed by atoms with E-state index in [4.69, 9.17) is 4.74 Å². The van der Waals surface area contributed by atoms with Crippen molar-refractivity contribution in [2.75, 3.05) is 6.61 Å². The molecule has 0 aromatic heterocycles. The highest BCUT2D eigenvalue weighted by Crippen LogP contribution is 2.52. The van der Waals surface area contributed by atoms with Crippen LogP contribution in [0.25, 0.3) is 0 Å². The second-order valence-corrected chi connectivity index (χ2v) is 5.72. The van der Waals surface area contributed by atoms with Gasteiger partial charge in [-0.2, -0.15) is 0 Å². The standard InChI is InChI=1S/C14H22O2/c1-4-10(2)9-16-13(15)14(3)8-11-5-6-12(14)7-11/h5-6,10-12H,4,7-9H2,1-3H3. The van der Waals surface area contributed by atoms with Crippen molar-refractivity contribution in [3.63, 3.8) is 0 Å². The Hall–Kier alpha value is -0.790. The molecule has 1 saturated carbocycles. The number of esters is 1. The van der Waals surface area contributed by atoms with Crippen LogP contribution in [0.4, 0.5) is 0 Å². The van der Waals surface area contributed by atoms with Gasteiger partial charge >= 0.3 is 5.97 Å². The van der Waals surface area contributed by atoms with Gasteiger partial charge in [0.2, 0.25) is 0 Å². The van der Waals surface area contributed by atoms with Crippen molar-refractivity contribution in [2.24, 2.45) is 23.2 Å². The third-order valence-electron chi connectivity index (χ3n) is 4.34. The lowest BCUT2D eigenvalue weighted by molar-refractivity contribution is -0.157. The molecule has 4 atom stereocenters. The molecule has 0 spiro atoms. The highest BCUT2D eigenvalue weighted by Gasteiger charge is 2.50. The molecule has 0 N–H and O–H groups in total. The van der Waals surface area contributed by atoms with Gasteiger partial charge < -0.3 is 4.74 Å². The Labute approximate surface area is 98.1 Å². The molecule has 2 nitrogen and oxygen atoms in total. The van der Waals surface area contributed by atoms with Crippen LogP contribution in [-0.4, -0.2) is 12.6 Å². The smallest absolute Gasteiger partial charge is 0.312 e. The average molecular weight is 222 g/mol. The van der Waals surface area contributed by atoms with Gasteiger partial charge in [-0.15, -0.1) is 0 Å². The minimum absolute atomic E-state index is 0.0182. The number of fused-ring (bicyclic) bond motifs is 2. The van der Waals surface area contributed by atoms with Gasteiger partial charge in [0.1, 0.15) is 0 Å². The Morgan fingerprint density at radius 3 is 2.81 bits per heavy atom. The molecule has 0 radical (unpaired) electrons. The van der Waals surface area contributed by atoms with Crippen molar-refractivity contribution in [3.8, 4) is 0 Å². The maximum Gasteiger partial charge on any atom is 0.312 e. The normalized spacial score (nSPS) is 37.7. The van der Waals surface area contributed by atoms with E-state index >= 15 is 0 Å². The summed E-state index contributed by atoms with van der Waals surface area (Å²) in [7, 11) is 0. The SMILES string of the molecule is CCC(C)COC(=O)C1(C)CC2C=CC1C2. The van der Waals surface area contributed by atoms with Crippen LogP contribution in [0.3, 0.4) is 0 Å². The summed E-state index contributed by atoms with van der Waals surface area (Å²) in [5.41, 5.74) is -0.243. The molecular formula is C14H22O2. The van der Waals surface area contributed by atoms with Gasteiger partial charge in [0.05, 0.1) is 12.0 Å². The first kappa shape index (κ1) is 11.7. The lowest BCUT2D eigenvalue weighted by Gasteiger charge is -2.29. The third-order valence-corrected chi connectivity index (χ3v) is 4.34. The van der Waals surface area contributed by atoms with Gasteiger partial charge in [0.25, 0.3) is 0 Å². The summed E-state index contributed by atoms with van der Waals surface area (Å²) in [5, 5.41) is 0. The van der Waals surface area contributed by atoms with E-state index in [-0.39, 0.29) is 11.4 Å². The van der Waals surface area contributed by atoms with Crippen LogP contribution >= 0.6 is 0 Å². The largest absolute Gasteiger partial charge is 0.465 e. The zero-order valence-electron chi connectivity index (χ0n) is 10.5. The van der Waals surface area contributed by atoms with Crippen LogP contribution in [0.1, 0.15) is 40.0 Å². The molecular weight excluding hydrogens is 200 g/mol. The molecule has 2 aliphatic rings. The van der Waals surface area contributed by atoms with E-state index in [0.29, 0.717) is 24.4 Å². The number of hydrogen-bond donors (Lipinski definition) is 0. The summed E-state index contributed by atoms with van der Waals surface area (Å²) in [6.45, 7) is 6.89. The molecule has 2 aliphatic carbocycles.